The maximum Gasteiger partial charge on any atom is 0.133 e. The Morgan fingerprint density at radius 1 is 1.00 bits per heavy atom. The van der Waals surface area contributed by atoms with Crippen molar-refractivity contribution in [1.82, 2.24) is 19.9 Å². The third-order valence-electron chi connectivity index (χ3n) is 5.13. The predicted molar refractivity (Wildman–Crippen MR) is 98.9 cm³/mol. The monoisotopic (exact) mass is 338 g/mol. The molecule has 2 fully saturated rings. The van der Waals surface area contributed by atoms with Crippen LogP contribution in [0, 0.1) is 0 Å². The number of hydrogen-bond donors (Lipinski definition) is 0. The SMILES string of the molecule is CC(C)c1nccc(N2CCC(N(c3ccncn3)C3CC3)CC2)n1. The van der Waals surface area contributed by atoms with Crippen LogP contribution in [0.15, 0.2) is 30.9 Å². The minimum Gasteiger partial charge on any atom is -0.356 e. The number of aromatic nitrogens is 4. The third kappa shape index (κ3) is 3.57. The first-order valence-corrected chi connectivity index (χ1v) is 9.34. The first-order chi connectivity index (χ1) is 12.2. The van der Waals surface area contributed by atoms with Crippen LogP contribution in [-0.4, -0.2) is 45.1 Å². The average Bonchev–Trinajstić information content (AvgIpc) is 3.48. The Morgan fingerprint density at radius 3 is 2.40 bits per heavy atom. The third-order valence-corrected chi connectivity index (χ3v) is 5.13. The first-order valence-electron chi connectivity index (χ1n) is 9.34. The fourth-order valence-corrected chi connectivity index (χ4v) is 3.65. The van der Waals surface area contributed by atoms with Gasteiger partial charge in [0, 0.05) is 43.5 Å². The first kappa shape index (κ1) is 16.2. The maximum absolute atomic E-state index is 4.75. The van der Waals surface area contributed by atoms with Crippen molar-refractivity contribution >= 4 is 11.6 Å². The van der Waals surface area contributed by atoms with Gasteiger partial charge in [-0.2, -0.15) is 0 Å². The Labute approximate surface area is 149 Å². The van der Waals surface area contributed by atoms with Crippen LogP contribution in [0.25, 0.3) is 0 Å². The molecule has 1 aliphatic heterocycles. The highest BCUT2D eigenvalue weighted by Gasteiger charge is 2.36. The highest BCUT2D eigenvalue weighted by Crippen LogP contribution is 2.35. The zero-order valence-electron chi connectivity index (χ0n) is 15.0. The number of anilines is 2. The zero-order valence-corrected chi connectivity index (χ0v) is 15.0. The van der Waals surface area contributed by atoms with Crippen molar-refractivity contribution in [2.75, 3.05) is 22.9 Å². The Hall–Kier alpha value is -2.24. The van der Waals surface area contributed by atoms with Crippen LogP contribution >= 0.6 is 0 Å². The molecule has 6 nitrogen and oxygen atoms in total. The van der Waals surface area contributed by atoms with Crippen molar-refractivity contribution in [3.05, 3.63) is 36.7 Å². The molecule has 1 saturated carbocycles. The van der Waals surface area contributed by atoms with Gasteiger partial charge < -0.3 is 9.80 Å². The molecule has 0 unspecified atom stereocenters. The summed E-state index contributed by atoms with van der Waals surface area (Å²) in [7, 11) is 0. The van der Waals surface area contributed by atoms with E-state index < -0.39 is 0 Å². The molecule has 0 spiro atoms. The van der Waals surface area contributed by atoms with Crippen LogP contribution in [0.4, 0.5) is 11.6 Å². The van der Waals surface area contributed by atoms with E-state index in [4.69, 9.17) is 4.98 Å². The van der Waals surface area contributed by atoms with E-state index in [1.54, 1.807) is 6.33 Å². The van der Waals surface area contributed by atoms with Gasteiger partial charge >= 0.3 is 0 Å². The summed E-state index contributed by atoms with van der Waals surface area (Å²) in [5.41, 5.74) is 0. The molecule has 0 N–H and O–H groups in total. The van der Waals surface area contributed by atoms with E-state index in [0.29, 0.717) is 18.0 Å². The lowest BCUT2D eigenvalue weighted by atomic mass is 10.0. The highest BCUT2D eigenvalue weighted by molar-refractivity contribution is 5.44. The van der Waals surface area contributed by atoms with Gasteiger partial charge in [0.05, 0.1) is 0 Å². The van der Waals surface area contributed by atoms with E-state index in [9.17, 15) is 0 Å². The molecule has 132 valence electrons. The summed E-state index contributed by atoms with van der Waals surface area (Å²) in [4.78, 5) is 22.6. The number of nitrogens with zero attached hydrogens (tertiary/aromatic N) is 6. The predicted octanol–water partition coefficient (Wildman–Crippen LogP) is 3.03. The van der Waals surface area contributed by atoms with Crippen LogP contribution in [0.2, 0.25) is 0 Å². The Kier molecular flexibility index (Phi) is 4.51. The van der Waals surface area contributed by atoms with Crippen LogP contribution in [0.3, 0.4) is 0 Å². The zero-order chi connectivity index (χ0) is 17.2. The second-order valence-corrected chi connectivity index (χ2v) is 7.35. The van der Waals surface area contributed by atoms with Crippen LogP contribution in [0.5, 0.6) is 0 Å². The molecule has 2 aliphatic rings. The van der Waals surface area contributed by atoms with E-state index in [0.717, 1.165) is 43.4 Å². The molecule has 2 aromatic heterocycles. The van der Waals surface area contributed by atoms with Crippen molar-refractivity contribution in [2.45, 2.75) is 57.5 Å². The highest BCUT2D eigenvalue weighted by atomic mass is 15.3. The summed E-state index contributed by atoms with van der Waals surface area (Å²) in [6, 6.07) is 5.31. The van der Waals surface area contributed by atoms with Gasteiger partial charge in [0.2, 0.25) is 0 Å². The van der Waals surface area contributed by atoms with Crippen molar-refractivity contribution in [3.63, 3.8) is 0 Å². The average molecular weight is 338 g/mol. The topological polar surface area (TPSA) is 58.0 Å². The van der Waals surface area contributed by atoms with Gasteiger partial charge in [-0.3, -0.25) is 0 Å². The molecular weight excluding hydrogens is 312 g/mol. The van der Waals surface area contributed by atoms with Crippen molar-refractivity contribution < 1.29 is 0 Å². The van der Waals surface area contributed by atoms with Gasteiger partial charge in [0.25, 0.3) is 0 Å². The van der Waals surface area contributed by atoms with E-state index in [-0.39, 0.29) is 0 Å². The molecule has 0 bridgehead atoms. The minimum atomic E-state index is 0.362. The lowest BCUT2D eigenvalue weighted by Gasteiger charge is -2.39. The molecule has 1 aliphatic carbocycles. The van der Waals surface area contributed by atoms with E-state index in [1.165, 1.54) is 12.8 Å². The Morgan fingerprint density at radius 2 is 1.76 bits per heavy atom. The van der Waals surface area contributed by atoms with Crippen LogP contribution < -0.4 is 9.80 Å². The summed E-state index contributed by atoms with van der Waals surface area (Å²) in [5.74, 6) is 3.44. The molecule has 3 heterocycles. The summed E-state index contributed by atoms with van der Waals surface area (Å²) in [5, 5.41) is 0. The van der Waals surface area contributed by atoms with Gasteiger partial charge in [-0.15, -0.1) is 0 Å². The van der Waals surface area contributed by atoms with Crippen LogP contribution in [0.1, 0.15) is 51.3 Å². The van der Waals surface area contributed by atoms with E-state index in [1.807, 2.05) is 24.5 Å². The van der Waals surface area contributed by atoms with Crippen molar-refractivity contribution in [2.24, 2.45) is 0 Å². The molecule has 0 amide bonds. The van der Waals surface area contributed by atoms with Gasteiger partial charge in [0.1, 0.15) is 23.8 Å². The Balaban J connectivity index is 1.45. The molecule has 0 aromatic carbocycles. The largest absolute Gasteiger partial charge is 0.356 e. The fourth-order valence-electron chi connectivity index (χ4n) is 3.65. The molecule has 0 radical (unpaired) electrons. The van der Waals surface area contributed by atoms with Crippen molar-refractivity contribution in [3.8, 4) is 0 Å². The second-order valence-electron chi connectivity index (χ2n) is 7.35. The second kappa shape index (κ2) is 6.94. The molecule has 2 aromatic rings. The van der Waals surface area contributed by atoms with Gasteiger partial charge in [-0.05, 0) is 37.8 Å². The van der Waals surface area contributed by atoms with Gasteiger partial charge in [0.15, 0.2) is 0 Å². The summed E-state index contributed by atoms with van der Waals surface area (Å²) in [6.07, 6.45) is 10.3. The van der Waals surface area contributed by atoms with Gasteiger partial charge in [-0.1, -0.05) is 13.8 Å². The lowest BCUT2D eigenvalue weighted by Crippen LogP contribution is -2.46. The Bertz CT molecular complexity index is 692. The fraction of sp³-hybridized carbons (Fsp3) is 0.579. The molecule has 1 saturated heterocycles. The van der Waals surface area contributed by atoms with Crippen LogP contribution in [-0.2, 0) is 0 Å². The maximum atomic E-state index is 4.75. The standard InChI is InChI=1S/C19H26N6/c1-14(2)19-21-10-6-18(23-19)24-11-7-16(8-12-24)25(15-3-4-15)17-5-9-20-13-22-17/h5-6,9-10,13-16H,3-4,7-8,11-12H2,1-2H3. The molecule has 0 atom stereocenters. The lowest BCUT2D eigenvalue weighted by molar-refractivity contribution is 0.457. The summed E-state index contributed by atoms with van der Waals surface area (Å²) >= 11 is 0. The number of rotatable bonds is 5. The molecule has 25 heavy (non-hydrogen) atoms. The van der Waals surface area contributed by atoms with E-state index in [2.05, 4.69) is 38.6 Å². The molecule has 6 heteroatoms. The minimum absolute atomic E-state index is 0.362. The molecular formula is C19H26N6. The summed E-state index contributed by atoms with van der Waals surface area (Å²) < 4.78 is 0. The number of hydrogen-bond acceptors (Lipinski definition) is 6. The van der Waals surface area contributed by atoms with E-state index >= 15 is 0 Å². The smallest absolute Gasteiger partial charge is 0.133 e. The normalized spacial score (nSPS) is 18.6. The van der Waals surface area contributed by atoms with Crippen molar-refractivity contribution in [1.29, 1.82) is 0 Å². The quantitative estimate of drug-likeness (QED) is 0.835. The summed E-state index contributed by atoms with van der Waals surface area (Å²) in [6.45, 7) is 6.35. The molecule has 4 rings (SSSR count). The number of piperidine rings is 1. The van der Waals surface area contributed by atoms with Gasteiger partial charge in [-0.25, -0.2) is 19.9 Å².